The zero-order valence-corrected chi connectivity index (χ0v) is 13.1. The molecule has 2 aliphatic rings. The van der Waals surface area contributed by atoms with Crippen LogP contribution >= 0.6 is 11.6 Å². The monoisotopic (exact) mass is 322 g/mol. The van der Waals surface area contributed by atoms with Gasteiger partial charge in [-0.05, 0) is 30.7 Å². The number of nitro benzene ring substituents is 1. The lowest BCUT2D eigenvalue weighted by molar-refractivity contribution is -0.384. The molecule has 118 valence electrons. The molecular weight excluding hydrogens is 304 g/mol. The Labute approximate surface area is 134 Å². The van der Waals surface area contributed by atoms with E-state index in [4.69, 9.17) is 11.6 Å². The fraction of sp³-hybridized carbons (Fsp3) is 0.562. The second-order valence-corrected chi connectivity index (χ2v) is 6.67. The van der Waals surface area contributed by atoms with Crippen molar-refractivity contribution in [2.24, 2.45) is 11.8 Å². The summed E-state index contributed by atoms with van der Waals surface area (Å²) in [6.45, 7) is 1.55. The van der Waals surface area contributed by atoms with E-state index in [1.165, 1.54) is 43.9 Å². The number of hydrogen-bond donors (Lipinski definition) is 0. The molecule has 0 aromatic heterocycles. The highest BCUT2D eigenvalue weighted by Gasteiger charge is 2.33. The standard InChI is InChI=1S/C16H19ClN2O3/c17-15-9-13(19(21)22)5-6-14(15)16(20)18-8-7-11-3-1-2-4-12(11)10-18/h5-6,9,11-12H,1-4,7-8,10H2/t11-,12+/m1/s1. The van der Waals surface area contributed by atoms with Crippen LogP contribution in [0.4, 0.5) is 5.69 Å². The maximum absolute atomic E-state index is 12.6. The van der Waals surface area contributed by atoms with Crippen molar-refractivity contribution in [2.45, 2.75) is 32.1 Å². The number of non-ortho nitro benzene ring substituents is 1. The van der Waals surface area contributed by atoms with E-state index >= 15 is 0 Å². The molecule has 1 amide bonds. The van der Waals surface area contributed by atoms with E-state index in [9.17, 15) is 14.9 Å². The maximum Gasteiger partial charge on any atom is 0.270 e. The molecule has 1 saturated carbocycles. The summed E-state index contributed by atoms with van der Waals surface area (Å²) >= 11 is 6.07. The molecule has 6 heteroatoms. The average Bonchev–Trinajstić information content (AvgIpc) is 2.53. The highest BCUT2D eigenvalue weighted by molar-refractivity contribution is 6.34. The Morgan fingerprint density at radius 3 is 2.64 bits per heavy atom. The van der Waals surface area contributed by atoms with E-state index < -0.39 is 4.92 Å². The second-order valence-electron chi connectivity index (χ2n) is 6.27. The number of rotatable bonds is 2. The van der Waals surface area contributed by atoms with Crippen LogP contribution in [0.15, 0.2) is 18.2 Å². The van der Waals surface area contributed by atoms with E-state index in [1.807, 2.05) is 4.90 Å². The maximum atomic E-state index is 12.6. The van der Waals surface area contributed by atoms with Crippen LogP contribution in [0.2, 0.25) is 5.02 Å². The van der Waals surface area contributed by atoms with Gasteiger partial charge >= 0.3 is 0 Å². The largest absolute Gasteiger partial charge is 0.338 e. The number of carbonyl (C=O) groups excluding carboxylic acids is 1. The van der Waals surface area contributed by atoms with Crippen LogP contribution in [0.5, 0.6) is 0 Å². The minimum atomic E-state index is -0.506. The Kier molecular flexibility index (Phi) is 4.34. The van der Waals surface area contributed by atoms with Gasteiger partial charge in [-0.15, -0.1) is 0 Å². The highest BCUT2D eigenvalue weighted by Crippen LogP contribution is 2.36. The Bertz CT molecular complexity index is 605. The van der Waals surface area contributed by atoms with Crippen molar-refractivity contribution in [3.63, 3.8) is 0 Å². The number of halogens is 1. The van der Waals surface area contributed by atoms with Gasteiger partial charge in [-0.25, -0.2) is 0 Å². The van der Waals surface area contributed by atoms with Crippen molar-refractivity contribution in [1.29, 1.82) is 0 Å². The molecule has 1 saturated heterocycles. The molecule has 22 heavy (non-hydrogen) atoms. The molecular formula is C16H19ClN2O3. The van der Waals surface area contributed by atoms with Gasteiger partial charge in [0.05, 0.1) is 15.5 Å². The predicted octanol–water partition coefficient (Wildman–Crippen LogP) is 3.90. The third-order valence-electron chi connectivity index (χ3n) is 4.97. The Hall–Kier alpha value is -1.62. The molecule has 0 spiro atoms. The fourth-order valence-corrected chi connectivity index (χ4v) is 4.00. The molecule has 1 heterocycles. The fourth-order valence-electron chi connectivity index (χ4n) is 3.75. The summed E-state index contributed by atoms with van der Waals surface area (Å²) in [5, 5.41) is 10.9. The van der Waals surface area contributed by atoms with Gasteiger partial charge in [-0.3, -0.25) is 14.9 Å². The molecule has 5 nitrogen and oxygen atoms in total. The van der Waals surface area contributed by atoms with Crippen molar-refractivity contribution in [3.8, 4) is 0 Å². The molecule has 3 rings (SSSR count). The van der Waals surface area contributed by atoms with E-state index in [0.29, 0.717) is 11.5 Å². The summed E-state index contributed by atoms with van der Waals surface area (Å²) in [6.07, 6.45) is 6.10. The first-order valence-corrected chi connectivity index (χ1v) is 8.17. The lowest BCUT2D eigenvalue weighted by Crippen LogP contribution is -2.44. The predicted molar refractivity (Wildman–Crippen MR) is 84.1 cm³/mol. The molecule has 0 radical (unpaired) electrons. The van der Waals surface area contributed by atoms with Gasteiger partial charge in [0.1, 0.15) is 0 Å². The summed E-state index contributed by atoms with van der Waals surface area (Å²) in [4.78, 5) is 24.7. The first-order chi connectivity index (χ1) is 10.6. The Balaban J connectivity index is 1.75. The van der Waals surface area contributed by atoms with Gasteiger partial charge in [0.2, 0.25) is 0 Å². The van der Waals surface area contributed by atoms with Gasteiger partial charge in [0.15, 0.2) is 0 Å². The third-order valence-corrected chi connectivity index (χ3v) is 5.29. The van der Waals surface area contributed by atoms with Crippen LogP contribution in [0, 0.1) is 22.0 Å². The molecule has 1 aromatic rings. The number of amides is 1. The molecule has 1 aliphatic heterocycles. The smallest absolute Gasteiger partial charge is 0.270 e. The van der Waals surface area contributed by atoms with Gasteiger partial charge in [0.25, 0.3) is 11.6 Å². The van der Waals surface area contributed by atoms with Crippen molar-refractivity contribution in [3.05, 3.63) is 38.9 Å². The molecule has 0 unspecified atom stereocenters. The van der Waals surface area contributed by atoms with E-state index in [0.717, 1.165) is 25.4 Å². The first-order valence-electron chi connectivity index (χ1n) is 7.79. The van der Waals surface area contributed by atoms with Gasteiger partial charge < -0.3 is 4.90 Å². The van der Waals surface area contributed by atoms with Crippen molar-refractivity contribution < 1.29 is 9.72 Å². The zero-order valence-electron chi connectivity index (χ0n) is 12.3. The number of benzene rings is 1. The number of hydrogen-bond acceptors (Lipinski definition) is 3. The number of piperidine rings is 1. The average molecular weight is 323 g/mol. The lowest BCUT2D eigenvalue weighted by Gasteiger charge is -2.41. The van der Waals surface area contributed by atoms with Crippen LogP contribution in [-0.2, 0) is 0 Å². The summed E-state index contributed by atoms with van der Waals surface area (Å²) in [7, 11) is 0. The summed E-state index contributed by atoms with van der Waals surface area (Å²) in [5.41, 5.74) is 0.272. The van der Waals surface area contributed by atoms with E-state index in [1.54, 1.807) is 0 Å². The van der Waals surface area contributed by atoms with E-state index in [2.05, 4.69) is 0 Å². The topological polar surface area (TPSA) is 63.4 Å². The van der Waals surface area contributed by atoms with Gasteiger partial charge in [-0.1, -0.05) is 30.9 Å². The van der Waals surface area contributed by atoms with Crippen molar-refractivity contribution in [1.82, 2.24) is 4.90 Å². The second kappa shape index (κ2) is 6.24. The van der Waals surface area contributed by atoms with Crippen LogP contribution in [-0.4, -0.2) is 28.8 Å². The number of fused-ring (bicyclic) bond motifs is 1. The number of carbonyl (C=O) groups is 1. The third kappa shape index (κ3) is 2.95. The molecule has 2 fully saturated rings. The number of nitrogens with zero attached hydrogens (tertiary/aromatic N) is 2. The Morgan fingerprint density at radius 2 is 1.95 bits per heavy atom. The van der Waals surface area contributed by atoms with Gasteiger partial charge in [-0.2, -0.15) is 0 Å². The van der Waals surface area contributed by atoms with Crippen molar-refractivity contribution >= 4 is 23.2 Å². The van der Waals surface area contributed by atoms with Gasteiger partial charge in [0, 0.05) is 25.2 Å². The molecule has 0 N–H and O–H groups in total. The minimum Gasteiger partial charge on any atom is -0.338 e. The lowest BCUT2D eigenvalue weighted by atomic mass is 9.75. The zero-order chi connectivity index (χ0) is 15.7. The van der Waals surface area contributed by atoms with Crippen LogP contribution in [0.25, 0.3) is 0 Å². The van der Waals surface area contributed by atoms with Crippen LogP contribution < -0.4 is 0 Å². The normalized spacial score (nSPS) is 24.7. The minimum absolute atomic E-state index is 0.0902. The van der Waals surface area contributed by atoms with Crippen LogP contribution in [0.3, 0.4) is 0 Å². The quantitative estimate of drug-likeness (QED) is 0.612. The van der Waals surface area contributed by atoms with Crippen molar-refractivity contribution in [2.75, 3.05) is 13.1 Å². The number of likely N-dealkylation sites (tertiary alicyclic amines) is 1. The number of nitro groups is 1. The first kappa shape index (κ1) is 15.3. The van der Waals surface area contributed by atoms with E-state index in [-0.39, 0.29) is 16.6 Å². The highest BCUT2D eigenvalue weighted by atomic mass is 35.5. The molecule has 1 aliphatic carbocycles. The Morgan fingerprint density at radius 1 is 1.23 bits per heavy atom. The summed E-state index contributed by atoms with van der Waals surface area (Å²) in [6, 6.07) is 4.06. The summed E-state index contributed by atoms with van der Waals surface area (Å²) in [5.74, 6) is 1.25. The summed E-state index contributed by atoms with van der Waals surface area (Å²) < 4.78 is 0. The molecule has 2 atom stereocenters. The molecule has 1 aromatic carbocycles. The molecule has 0 bridgehead atoms. The van der Waals surface area contributed by atoms with Crippen LogP contribution in [0.1, 0.15) is 42.5 Å². The SMILES string of the molecule is O=C(c1ccc([N+](=O)[O-])cc1Cl)N1CC[C@H]2CCCC[C@H]2C1.